The first-order valence-corrected chi connectivity index (χ1v) is 7.34. The largest absolute Gasteiger partial charge is 0.477 e. The number of nitrogens with one attached hydrogen (secondary N) is 2. The zero-order valence-electron chi connectivity index (χ0n) is 11.0. The lowest BCUT2D eigenvalue weighted by Crippen LogP contribution is -2.63. The van der Waals surface area contributed by atoms with Crippen molar-refractivity contribution >= 4 is 21.9 Å². The van der Waals surface area contributed by atoms with Crippen molar-refractivity contribution in [2.75, 3.05) is 13.1 Å². The molecule has 110 valence electrons. The number of carboxylic acids is 1. The lowest BCUT2D eigenvalue weighted by atomic mass is 10.0. The molecule has 1 aliphatic heterocycles. The van der Waals surface area contributed by atoms with Crippen molar-refractivity contribution in [3.63, 3.8) is 0 Å². The Morgan fingerprint density at radius 3 is 2.65 bits per heavy atom. The van der Waals surface area contributed by atoms with Crippen LogP contribution in [0.5, 0.6) is 0 Å². The van der Waals surface area contributed by atoms with Gasteiger partial charge in [-0.2, -0.15) is 4.31 Å². The molecule has 2 heterocycles. The van der Waals surface area contributed by atoms with E-state index in [1.807, 2.05) is 0 Å². The van der Waals surface area contributed by atoms with Gasteiger partial charge in [0.05, 0.1) is 0 Å². The third kappa shape index (κ3) is 2.18. The lowest BCUT2D eigenvalue weighted by Gasteiger charge is -2.39. The molecular weight excluding hydrogens is 286 g/mol. The van der Waals surface area contributed by atoms with Crippen LogP contribution in [0.25, 0.3) is 0 Å². The van der Waals surface area contributed by atoms with Gasteiger partial charge in [0.15, 0.2) is 0 Å². The molecule has 0 atom stereocenters. The van der Waals surface area contributed by atoms with E-state index in [0.717, 1.165) is 16.6 Å². The second kappa shape index (κ2) is 4.60. The van der Waals surface area contributed by atoms with E-state index in [9.17, 15) is 18.0 Å². The quantitative estimate of drug-likeness (QED) is 0.702. The van der Waals surface area contributed by atoms with Gasteiger partial charge in [0.2, 0.25) is 15.9 Å². The molecule has 1 aromatic rings. The number of aromatic carboxylic acids is 1. The second-order valence-corrected chi connectivity index (χ2v) is 6.81. The van der Waals surface area contributed by atoms with Crippen molar-refractivity contribution < 1.29 is 23.1 Å². The Hall–Kier alpha value is -1.87. The zero-order chi connectivity index (χ0) is 15.1. The Bertz CT molecular complexity index is 661. The van der Waals surface area contributed by atoms with E-state index in [1.54, 1.807) is 0 Å². The van der Waals surface area contributed by atoms with Crippen molar-refractivity contribution in [3.8, 4) is 0 Å². The average Bonchev–Trinajstić information content (AvgIpc) is 2.82. The van der Waals surface area contributed by atoms with Gasteiger partial charge in [-0.05, 0) is 19.9 Å². The maximum Gasteiger partial charge on any atom is 0.352 e. The summed E-state index contributed by atoms with van der Waals surface area (Å²) in [6.07, 6.45) is 1.11. The van der Waals surface area contributed by atoms with E-state index in [0.29, 0.717) is 0 Å². The molecule has 0 aliphatic carbocycles. The van der Waals surface area contributed by atoms with Crippen molar-refractivity contribution in [2.45, 2.75) is 24.3 Å². The van der Waals surface area contributed by atoms with Crippen LogP contribution in [-0.4, -0.2) is 53.3 Å². The maximum absolute atomic E-state index is 12.5. The fourth-order valence-corrected chi connectivity index (χ4v) is 3.82. The number of sulfonamides is 1. The fourth-order valence-electron chi connectivity index (χ4n) is 2.07. The summed E-state index contributed by atoms with van der Waals surface area (Å²) in [5.74, 6) is -1.64. The summed E-state index contributed by atoms with van der Waals surface area (Å²) in [5, 5.41) is 11.4. The number of piperazine rings is 1. The predicted octanol–water partition coefficient (Wildman–Crippen LogP) is -0.388. The Kier molecular flexibility index (Phi) is 3.34. The van der Waals surface area contributed by atoms with Gasteiger partial charge in [-0.15, -0.1) is 0 Å². The van der Waals surface area contributed by atoms with Crippen molar-refractivity contribution in [2.24, 2.45) is 0 Å². The molecule has 0 bridgehead atoms. The molecular formula is C11H15N3O5S. The zero-order valence-corrected chi connectivity index (χ0v) is 11.8. The van der Waals surface area contributed by atoms with Gasteiger partial charge in [-0.25, -0.2) is 13.2 Å². The number of H-pyrrole nitrogens is 1. The number of carbonyl (C=O) groups is 2. The predicted molar refractivity (Wildman–Crippen MR) is 68.7 cm³/mol. The fraction of sp³-hybridized carbons (Fsp3) is 0.455. The Balaban J connectivity index is 2.43. The number of amides is 1. The molecule has 1 amide bonds. The first kappa shape index (κ1) is 14.5. The second-order valence-electron chi connectivity index (χ2n) is 4.95. The molecule has 8 nitrogen and oxygen atoms in total. The normalized spacial score (nSPS) is 19.6. The van der Waals surface area contributed by atoms with Crippen LogP contribution in [0.15, 0.2) is 17.2 Å². The number of hydrogen-bond donors (Lipinski definition) is 3. The Morgan fingerprint density at radius 1 is 1.45 bits per heavy atom. The van der Waals surface area contributed by atoms with Crippen LogP contribution >= 0.6 is 0 Å². The molecule has 2 rings (SSSR count). The molecule has 1 fully saturated rings. The summed E-state index contributed by atoms with van der Waals surface area (Å²) >= 11 is 0. The van der Waals surface area contributed by atoms with Gasteiger partial charge in [0.1, 0.15) is 16.1 Å². The van der Waals surface area contributed by atoms with Crippen molar-refractivity contribution in [1.29, 1.82) is 0 Å². The van der Waals surface area contributed by atoms with Gasteiger partial charge >= 0.3 is 5.97 Å². The summed E-state index contributed by atoms with van der Waals surface area (Å²) in [6, 6.07) is 1.04. The van der Waals surface area contributed by atoms with Gasteiger partial charge in [0, 0.05) is 19.3 Å². The lowest BCUT2D eigenvalue weighted by molar-refractivity contribution is -0.131. The number of nitrogens with zero attached hydrogens (tertiary/aromatic N) is 1. The third-order valence-electron chi connectivity index (χ3n) is 3.25. The van der Waals surface area contributed by atoms with Crippen LogP contribution in [0.1, 0.15) is 24.3 Å². The minimum Gasteiger partial charge on any atom is -0.477 e. The molecule has 0 unspecified atom stereocenters. The van der Waals surface area contributed by atoms with E-state index in [2.05, 4.69) is 10.3 Å². The average molecular weight is 301 g/mol. The number of carbonyl (C=O) groups excluding carboxylic acids is 1. The molecule has 9 heteroatoms. The van der Waals surface area contributed by atoms with Gasteiger partial charge in [-0.3, -0.25) is 4.79 Å². The van der Waals surface area contributed by atoms with Crippen LogP contribution < -0.4 is 5.32 Å². The molecule has 0 spiro atoms. The molecule has 20 heavy (non-hydrogen) atoms. The topological polar surface area (TPSA) is 120 Å². The van der Waals surface area contributed by atoms with E-state index >= 15 is 0 Å². The highest BCUT2D eigenvalue weighted by Crippen LogP contribution is 2.26. The Labute approximate surface area is 115 Å². The van der Waals surface area contributed by atoms with Crippen molar-refractivity contribution in [3.05, 3.63) is 18.0 Å². The van der Waals surface area contributed by atoms with Crippen LogP contribution in [0.2, 0.25) is 0 Å². The van der Waals surface area contributed by atoms with E-state index in [1.165, 1.54) is 13.8 Å². The first-order chi connectivity index (χ1) is 9.17. The minimum absolute atomic E-state index is 0.134. The number of aromatic amines is 1. The van der Waals surface area contributed by atoms with Crippen molar-refractivity contribution in [1.82, 2.24) is 14.6 Å². The number of rotatable bonds is 3. The summed E-state index contributed by atoms with van der Waals surface area (Å²) in [6.45, 7) is 3.36. The van der Waals surface area contributed by atoms with Crippen LogP contribution in [0.4, 0.5) is 0 Å². The third-order valence-corrected chi connectivity index (χ3v) is 5.31. The number of hydrogen-bond acceptors (Lipinski definition) is 4. The molecule has 3 N–H and O–H groups in total. The number of carboxylic acid groups (broad SMARTS) is 1. The standard InChI is InChI=1S/C11H15N3O5S/c1-11(2)10(17)12-3-4-14(11)20(18,19)7-5-8(9(15)16)13-6-7/h5-6,13H,3-4H2,1-2H3,(H,12,17)(H,15,16). The summed E-state index contributed by atoms with van der Waals surface area (Å²) in [5.41, 5.74) is -1.44. The smallest absolute Gasteiger partial charge is 0.352 e. The van der Waals surface area contributed by atoms with Gasteiger partial charge in [0.25, 0.3) is 0 Å². The summed E-state index contributed by atoms with van der Waals surface area (Å²) in [4.78, 5) is 24.8. The highest BCUT2D eigenvalue weighted by atomic mass is 32.2. The molecule has 1 saturated heterocycles. The Morgan fingerprint density at radius 2 is 2.10 bits per heavy atom. The minimum atomic E-state index is -3.94. The monoisotopic (exact) mass is 301 g/mol. The van der Waals surface area contributed by atoms with E-state index < -0.39 is 21.5 Å². The summed E-state index contributed by atoms with van der Waals surface area (Å²) in [7, 11) is -3.94. The molecule has 0 aromatic carbocycles. The highest BCUT2D eigenvalue weighted by Gasteiger charge is 2.45. The van der Waals surface area contributed by atoms with Gasteiger partial charge < -0.3 is 15.4 Å². The van der Waals surface area contributed by atoms with Gasteiger partial charge in [-0.1, -0.05) is 0 Å². The van der Waals surface area contributed by atoms with E-state index in [-0.39, 0.29) is 29.6 Å². The van der Waals surface area contributed by atoms with Crippen LogP contribution in [-0.2, 0) is 14.8 Å². The molecule has 0 saturated carbocycles. The number of aromatic nitrogens is 1. The highest BCUT2D eigenvalue weighted by molar-refractivity contribution is 7.89. The summed E-state index contributed by atoms with van der Waals surface area (Å²) < 4.78 is 26.1. The molecule has 0 radical (unpaired) electrons. The molecule has 1 aromatic heterocycles. The maximum atomic E-state index is 12.5. The van der Waals surface area contributed by atoms with Crippen LogP contribution in [0.3, 0.4) is 0 Å². The molecule has 1 aliphatic rings. The van der Waals surface area contributed by atoms with E-state index in [4.69, 9.17) is 5.11 Å². The van der Waals surface area contributed by atoms with Crippen LogP contribution in [0, 0.1) is 0 Å². The SMILES string of the molecule is CC1(C)C(=O)NCCN1S(=O)(=O)c1c[nH]c(C(=O)O)c1. The first-order valence-electron chi connectivity index (χ1n) is 5.90.